The monoisotopic (exact) mass is 299 g/mol. The first-order valence-electron chi connectivity index (χ1n) is 6.70. The van der Waals surface area contributed by atoms with Crippen LogP contribution in [-0.4, -0.2) is 35.2 Å². The van der Waals surface area contributed by atoms with Crippen LogP contribution in [0.3, 0.4) is 0 Å². The fourth-order valence-corrected chi connectivity index (χ4v) is 3.64. The Hall–Kier alpha value is -0.780. The highest BCUT2D eigenvalue weighted by molar-refractivity contribution is 7.15. The summed E-state index contributed by atoms with van der Waals surface area (Å²) in [7, 11) is 0. The molecule has 0 aromatic carbocycles. The van der Waals surface area contributed by atoms with Gasteiger partial charge in [-0.25, -0.2) is 4.98 Å². The SMILES string of the molecule is CCOC1CCN(c2nc3sccn3c2CCl)CC1. The average Bonchev–Trinajstić information content (AvgIpc) is 3.00. The van der Waals surface area contributed by atoms with Gasteiger partial charge in [-0.05, 0) is 19.8 Å². The minimum Gasteiger partial charge on any atom is -0.378 e. The van der Waals surface area contributed by atoms with Crippen LogP contribution in [0.1, 0.15) is 25.5 Å². The van der Waals surface area contributed by atoms with E-state index in [1.54, 1.807) is 11.3 Å². The Labute approximate surface area is 121 Å². The molecule has 0 unspecified atom stereocenters. The van der Waals surface area contributed by atoms with Gasteiger partial charge in [-0.2, -0.15) is 0 Å². The van der Waals surface area contributed by atoms with Crippen molar-refractivity contribution in [1.29, 1.82) is 0 Å². The molecule has 0 bridgehead atoms. The van der Waals surface area contributed by atoms with E-state index in [4.69, 9.17) is 21.3 Å². The molecular weight excluding hydrogens is 282 g/mol. The quantitative estimate of drug-likeness (QED) is 0.812. The molecule has 1 saturated heterocycles. The number of alkyl halides is 1. The molecule has 19 heavy (non-hydrogen) atoms. The maximum Gasteiger partial charge on any atom is 0.195 e. The number of piperidine rings is 1. The van der Waals surface area contributed by atoms with Crippen molar-refractivity contribution in [3.05, 3.63) is 17.3 Å². The molecular formula is C13H18ClN3OS. The van der Waals surface area contributed by atoms with E-state index >= 15 is 0 Å². The molecule has 0 amide bonds. The van der Waals surface area contributed by atoms with E-state index in [0.29, 0.717) is 12.0 Å². The Morgan fingerprint density at radius 3 is 2.95 bits per heavy atom. The van der Waals surface area contributed by atoms with Crippen molar-refractivity contribution >= 4 is 33.7 Å². The van der Waals surface area contributed by atoms with Crippen molar-refractivity contribution in [2.45, 2.75) is 31.7 Å². The van der Waals surface area contributed by atoms with Gasteiger partial charge in [0.2, 0.25) is 0 Å². The Morgan fingerprint density at radius 1 is 1.47 bits per heavy atom. The van der Waals surface area contributed by atoms with E-state index in [2.05, 4.69) is 16.2 Å². The van der Waals surface area contributed by atoms with Crippen LogP contribution < -0.4 is 4.90 Å². The van der Waals surface area contributed by atoms with Gasteiger partial charge >= 0.3 is 0 Å². The third-order valence-corrected chi connectivity index (χ3v) is 4.62. The minimum atomic E-state index is 0.407. The topological polar surface area (TPSA) is 29.8 Å². The van der Waals surface area contributed by atoms with Gasteiger partial charge in [0.05, 0.1) is 17.7 Å². The largest absolute Gasteiger partial charge is 0.378 e. The van der Waals surface area contributed by atoms with Crippen molar-refractivity contribution in [3.63, 3.8) is 0 Å². The smallest absolute Gasteiger partial charge is 0.195 e. The summed E-state index contributed by atoms with van der Waals surface area (Å²) in [6.45, 7) is 4.86. The predicted molar refractivity (Wildman–Crippen MR) is 79.5 cm³/mol. The summed E-state index contributed by atoms with van der Waals surface area (Å²) < 4.78 is 7.79. The second-order valence-corrected chi connectivity index (χ2v) is 5.85. The standard InChI is InChI=1S/C13H18ClN3OS/c1-2-18-10-3-5-16(6-4-10)12-11(9-14)17-7-8-19-13(17)15-12/h7-8,10H,2-6,9H2,1H3. The number of halogens is 1. The molecule has 0 aliphatic carbocycles. The average molecular weight is 300 g/mol. The molecule has 0 N–H and O–H groups in total. The summed E-state index contributed by atoms with van der Waals surface area (Å²) >= 11 is 7.75. The van der Waals surface area contributed by atoms with Crippen molar-refractivity contribution < 1.29 is 4.74 Å². The molecule has 0 atom stereocenters. The van der Waals surface area contributed by atoms with Crippen molar-refractivity contribution in [3.8, 4) is 0 Å². The van der Waals surface area contributed by atoms with E-state index in [0.717, 1.165) is 49.0 Å². The fourth-order valence-electron chi connectivity index (χ4n) is 2.67. The number of aromatic nitrogens is 2. The van der Waals surface area contributed by atoms with Crippen molar-refractivity contribution in [2.24, 2.45) is 0 Å². The summed E-state index contributed by atoms with van der Waals surface area (Å²) in [5.41, 5.74) is 1.10. The van der Waals surface area contributed by atoms with Crippen LogP contribution in [-0.2, 0) is 10.6 Å². The Balaban J connectivity index is 1.79. The van der Waals surface area contributed by atoms with E-state index in [1.807, 2.05) is 11.6 Å². The number of hydrogen-bond acceptors (Lipinski definition) is 4. The summed E-state index contributed by atoms with van der Waals surface area (Å²) in [4.78, 5) is 8.09. The van der Waals surface area contributed by atoms with Gasteiger partial charge in [-0.1, -0.05) is 0 Å². The van der Waals surface area contributed by atoms with Gasteiger partial charge in [0.25, 0.3) is 0 Å². The van der Waals surface area contributed by atoms with Crippen LogP contribution >= 0.6 is 22.9 Å². The van der Waals surface area contributed by atoms with E-state index in [1.165, 1.54) is 0 Å². The second-order valence-electron chi connectivity index (χ2n) is 4.71. The number of nitrogens with zero attached hydrogens (tertiary/aromatic N) is 3. The van der Waals surface area contributed by atoms with Gasteiger partial charge in [0.15, 0.2) is 10.8 Å². The third-order valence-electron chi connectivity index (χ3n) is 3.61. The van der Waals surface area contributed by atoms with E-state index in [9.17, 15) is 0 Å². The van der Waals surface area contributed by atoms with Crippen molar-refractivity contribution in [2.75, 3.05) is 24.6 Å². The van der Waals surface area contributed by atoms with Crippen LogP contribution in [0.25, 0.3) is 4.96 Å². The molecule has 0 spiro atoms. The number of rotatable bonds is 4. The highest BCUT2D eigenvalue weighted by atomic mass is 35.5. The number of ether oxygens (including phenoxy) is 1. The van der Waals surface area contributed by atoms with E-state index in [-0.39, 0.29) is 0 Å². The first kappa shape index (κ1) is 13.2. The Bertz CT molecular complexity index is 545. The number of imidazole rings is 1. The van der Waals surface area contributed by atoms with Gasteiger partial charge in [0, 0.05) is 31.3 Å². The predicted octanol–water partition coefficient (Wildman–Crippen LogP) is 3.14. The van der Waals surface area contributed by atoms with Gasteiger partial charge in [-0.3, -0.25) is 4.40 Å². The summed E-state index contributed by atoms with van der Waals surface area (Å²) in [6, 6.07) is 0. The second kappa shape index (κ2) is 5.69. The molecule has 4 nitrogen and oxygen atoms in total. The van der Waals surface area contributed by atoms with Crippen molar-refractivity contribution in [1.82, 2.24) is 9.38 Å². The highest BCUT2D eigenvalue weighted by Crippen LogP contribution is 2.28. The lowest BCUT2D eigenvalue weighted by atomic mass is 10.1. The maximum absolute atomic E-state index is 6.10. The van der Waals surface area contributed by atoms with Gasteiger partial charge in [0.1, 0.15) is 0 Å². The number of hydrogen-bond donors (Lipinski definition) is 0. The molecule has 1 aliphatic rings. The Kier molecular flexibility index (Phi) is 3.96. The first-order chi connectivity index (χ1) is 9.33. The van der Waals surface area contributed by atoms with Gasteiger partial charge in [-0.15, -0.1) is 22.9 Å². The first-order valence-corrected chi connectivity index (χ1v) is 8.11. The fraction of sp³-hybridized carbons (Fsp3) is 0.615. The molecule has 3 heterocycles. The van der Waals surface area contributed by atoms with E-state index < -0.39 is 0 Å². The summed E-state index contributed by atoms with van der Waals surface area (Å²) in [5, 5.41) is 2.05. The molecule has 0 radical (unpaired) electrons. The Morgan fingerprint density at radius 2 is 2.26 bits per heavy atom. The zero-order valence-electron chi connectivity index (χ0n) is 11.0. The van der Waals surface area contributed by atoms with Crippen LogP contribution in [0.2, 0.25) is 0 Å². The van der Waals surface area contributed by atoms with Gasteiger partial charge < -0.3 is 9.64 Å². The zero-order valence-corrected chi connectivity index (χ0v) is 12.6. The molecule has 6 heteroatoms. The van der Waals surface area contributed by atoms with Crippen LogP contribution in [0.15, 0.2) is 11.6 Å². The highest BCUT2D eigenvalue weighted by Gasteiger charge is 2.24. The minimum absolute atomic E-state index is 0.407. The number of fused-ring (bicyclic) bond motifs is 1. The molecule has 104 valence electrons. The summed E-state index contributed by atoms with van der Waals surface area (Å²) in [5.74, 6) is 1.55. The molecule has 2 aromatic rings. The number of anilines is 1. The number of thiazole rings is 1. The summed E-state index contributed by atoms with van der Waals surface area (Å²) in [6.07, 6.45) is 4.59. The lowest BCUT2D eigenvalue weighted by molar-refractivity contribution is 0.0458. The molecule has 2 aromatic heterocycles. The lowest BCUT2D eigenvalue weighted by Gasteiger charge is -2.32. The molecule has 1 aliphatic heterocycles. The maximum atomic E-state index is 6.10. The molecule has 0 saturated carbocycles. The molecule has 1 fully saturated rings. The van der Waals surface area contributed by atoms with Crippen LogP contribution in [0, 0.1) is 0 Å². The zero-order chi connectivity index (χ0) is 13.2. The normalized spacial score (nSPS) is 17.5. The van der Waals surface area contributed by atoms with Crippen LogP contribution in [0.4, 0.5) is 5.82 Å². The molecule has 3 rings (SSSR count). The lowest BCUT2D eigenvalue weighted by Crippen LogP contribution is -2.37. The third kappa shape index (κ3) is 2.47. The van der Waals surface area contributed by atoms with Crippen LogP contribution in [0.5, 0.6) is 0 Å².